The molecule has 2 aromatic heterocycles. The molecule has 0 unspecified atom stereocenters. The lowest BCUT2D eigenvalue weighted by Gasteiger charge is -2.08. The van der Waals surface area contributed by atoms with E-state index in [2.05, 4.69) is 9.97 Å². The van der Waals surface area contributed by atoms with Crippen LogP contribution in [0.1, 0.15) is 26.7 Å². The van der Waals surface area contributed by atoms with Gasteiger partial charge in [0.05, 0.1) is 27.9 Å². The molecule has 0 aliphatic rings. The molecule has 0 saturated heterocycles. The van der Waals surface area contributed by atoms with E-state index in [1.807, 2.05) is 26.0 Å². The Morgan fingerprint density at radius 1 is 1.12 bits per heavy atom. The van der Waals surface area contributed by atoms with Gasteiger partial charge in [0.25, 0.3) is 0 Å². The number of thioether (sulfide) groups is 1. The number of thiazole rings is 2. The lowest BCUT2D eigenvalue weighted by atomic mass is 10.1. The summed E-state index contributed by atoms with van der Waals surface area (Å²) in [6.07, 6.45) is -4.86. The summed E-state index contributed by atoms with van der Waals surface area (Å²) in [5, 5.41) is 9.98. The van der Waals surface area contributed by atoms with E-state index in [-0.39, 0.29) is 6.42 Å². The van der Waals surface area contributed by atoms with Gasteiger partial charge < -0.3 is 5.11 Å². The van der Waals surface area contributed by atoms with Crippen molar-refractivity contribution in [2.45, 2.75) is 37.1 Å². The van der Waals surface area contributed by atoms with Gasteiger partial charge in [-0.05, 0) is 43.7 Å². The van der Waals surface area contributed by atoms with E-state index in [0.717, 1.165) is 43.4 Å². The summed E-state index contributed by atoms with van der Waals surface area (Å²) in [5.74, 6) is -1.66. The molecule has 4 rings (SSSR count). The van der Waals surface area contributed by atoms with Gasteiger partial charge in [0.2, 0.25) is 0 Å². The summed E-state index contributed by atoms with van der Waals surface area (Å²) in [6.45, 7) is 3.77. The zero-order chi connectivity index (χ0) is 23.9. The molecule has 1 N–H and O–H groups in total. The van der Waals surface area contributed by atoms with E-state index in [0.29, 0.717) is 21.3 Å². The number of alkyl halides is 3. The number of fused-ring (bicyclic) bond motifs is 1. The normalized spacial score (nSPS) is 11.9. The van der Waals surface area contributed by atoms with Gasteiger partial charge in [-0.3, -0.25) is 4.79 Å². The van der Waals surface area contributed by atoms with Crippen molar-refractivity contribution in [3.8, 4) is 10.6 Å². The minimum atomic E-state index is -4.74. The number of hydrogen-bond donors (Lipinski definition) is 1. The van der Waals surface area contributed by atoms with Crippen LogP contribution in [-0.2, 0) is 23.1 Å². The Labute approximate surface area is 198 Å². The maximum Gasteiger partial charge on any atom is 0.419 e. The molecular formula is C22H16F4N2O2S3. The van der Waals surface area contributed by atoms with Crippen molar-refractivity contribution in [1.29, 1.82) is 0 Å². The number of nitrogens with zero attached hydrogens (tertiary/aromatic N) is 2. The number of carboxylic acids is 1. The Morgan fingerprint density at radius 3 is 2.55 bits per heavy atom. The number of carboxylic acid groups (broad SMARTS) is 1. The average molecular weight is 513 g/mol. The highest BCUT2D eigenvalue weighted by Gasteiger charge is 2.34. The van der Waals surface area contributed by atoms with E-state index in [1.54, 1.807) is 11.8 Å². The minimum absolute atomic E-state index is 0.117. The maximum absolute atomic E-state index is 14.0. The van der Waals surface area contributed by atoms with Gasteiger partial charge in [-0.1, -0.05) is 6.07 Å². The molecule has 172 valence electrons. The highest BCUT2D eigenvalue weighted by molar-refractivity contribution is 7.98. The predicted octanol–water partition coefficient (Wildman–Crippen LogP) is 7.11. The van der Waals surface area contributed by atoms with Gasteiger partial charge in [0.15, 0.2) is 0 Å². The first kappa shape index (κ1) is 23.7. The molecule has 2 aromatic carbocycles. The fraction of sp³-hybridized carbons (Fsp3) is 0.227. The zero-order valence-electron chi connectivity index (χ0n) is 17.3. The van der Waals surface area contributed by atoms with E-state index < -0.39 is 23.5 Å². The first-order valence-corrected chi connectivity index (χ1v) is 12.2. The van der Waals surface area contributed by atoms with Crippen molar-refractivity contribution in [3.63, 3.8) is 0 Å². The van der Waals surface area contributed by atoms with Crippen LogP contribution in [0, 0.1) is 19.7 Å². The van der Waals surface area contributed by atoms with Crippen molar-refractivity contribution in [3.05, 3.63) is 62.9 Å². The van der Waals surface area contributed by atoms with Gasteiger partial charge in [0, 0.05) is 21.1 Å². The molecule has 0 radical (unpaired) electrons. The number of aromatic nitrogens is 2. The van der Waals surface area contributed by atoms with Crippen molar-refractivity contribution >= 4 is 50.6 Å². The zero-order valence-corrected chi connectivity index (χ0v) is 19.7. The summed E-state index contributed by atoms with van der Waals surface area (Å²) < 4.78 is 53.3. The van der Waals surface area contributed by atoms with Gasteiger partial charge in [-0.2, -0.15) is 13.2 Å². The number of carbonyl (C=O) groups is 1. The Kier molecular flexibility index (Phi) is 6.47. The maximum atomic E-state index is 14.0. The van der Waals surface area contributed by atoms with Crippen molar-refractivity contribution in [2.24, 2.45) is 0 Å². The number of aliphatic carboxylic acids is 1. The largest absolute Gasteiger partial charge is 0.481 e. The third-order valence-electron chi connectivity index (χ3n) is 4.80. The molecule has 0 amide bonds. The van der Waals surface area contributed by atoms with Crippen LogP contribution in [0.15, 0.2) is 35.2 Å². The highest BCUT2D eigenvalue weighted by Crippen LogP contribution is 2.38. The molecule has 2 heterocycles. The average Bonchev–Trinajstić information content (AvgIpc) is 3.26. The van der Waals surface area contributed by atoms with Crippen LogP contribution in [0.4, 0.5) is 17.6 Å². The number of hydrogen-bond acceptors (Lipinski definition) is 6. The summed E-state index contributed by atoms with van der Waals surface area (Å²) in [5.41, 5.74) is 1.52. The summed E-state index contributed by atoms with van der Waals surface area (Å²) in [4.78, 5) is 21.7. The monoisotopic (exact) mass is 512 g/mol. The van der Waals surface area contributed by atoms with Gasteiger partial charge in [-0.15, -0.1) is 34.4 Å². The fourth-order valence-electron chi connectivity index (χ4n) is 3.17. The molecule has 0 saturated carbocycles. The third kappa shape index (κ3) is 5.20. The molecule has 0 bridgehead atoms. The second-order valence-corrected chi connectivity index (χ2v) is 10.5. The minimum Gasteiger partial charge on any atom is -0.481 e. The van der Waals surface area contributed by atoms with Crippen LogP contribution in [0.3, 0.4) is 0 Å². The number of benzene rings is 2. The van der Waals surface area contributed by atoms with Crippen LogP contribution in [0.25, 0.3) is 20.8 Å². The van der Waals surface area contributed by atoms with Gasteiger partial charge in [-0.25, -0.2) is 14.4 Å². The first-order chi connectivity index (χ1) is 15.5. The van der Waals surface area contributed by atoms with Crippen LogP contribution in [0.2, 0.25) is 0 Å². The van der Waals surface area contributed by atoms with E-state index >= 15 is 0 Å². The molecule has 0 aliphatic carbocycles. The molecule has 4 aromatic rings. The summed E-state index contributed by atoms with van der Waals surface area (Å²) >= 11 is 4.25. The molecule has 33 heavy (non-hydrogen) atoms. The highest BCUT2D eigenvalue weighted by atomic mass is 32.2. The van der Waals surface area contributed by atoms with Crippen LogP contribution in [0.5, 0.6) is 0 Å². The Morgan fingerprint density at radius 2 is 1.88 bits per heavy atom. The van der Waals surface area contributed by atoms with Gasteiger partial charge >= 0.3 is 12.1 Å². The molecule has 0 spiro atoms. The van der Waals surface area contributed by atoms with Gasteiger partial charge in [0.1, 0.15) is 15.8 Å². The SMILES string of the molecule is Cc1cc2nc(CC(=O)O)sc2cc1SCc1sc(-c2ccc(C(F)(F)F)c(F)c2)nc1C. The Balaban J connectivity index is 1.54. The Hall–Kier alpha value is -2.50. The van der Waals surface area contributed by atoms with Crippen LogP contribution in [-0.4, -0.2) is 21.0 Å². The second-order valence-electron chi connectivity index (χ2n) is 7.27. The Bertz CT molecular complexity index is 1360. The number of rotatable bonds is 6. The predicted molar refractivity (Wildman–Crippen MR) is 123 cm³/mol. The third-order valence-corrected chi connectivity index (χ3v) is 8.40. The summed E-state index contributed by atoms with van der Waals surface area (Å²) in [6, 6.07) is 6.75. The molecule has 0 atom stereocenters. The molecule has 4 nitrogen and oxygen atoms in total. The van der Waals surface area contributed by atoms with E-state index in [1.165, 1.54) is 28.7 Å². The standard InChI is InChI=1S/C22H16F4N2O2S3/c1-10-5-15-17(32-19(28-15)8-20(29)30)7-16(10)31-9-18-11(2)27-21(33-18)12-3-4-13(14(23)6-12)22(24,25)26/h3-7H,8-9H2,1-2H3,(H,29,30). The number of aryl methyl sites for hydroxylation is 2. The van der Waals surface area contributed by atoms with Crippen LogP contribution >= 0.6 is 34.4 Å². The van der Waals surface area contributed by atoms with Crippen molar-refractivity contribution in [2.75, 3.05) is 0 Å². The quantitative estimate of drug-likeness (QED) is 0.220. The molecule has 0 aliphatic heterocycles. The lowest BCUT2D eigenvalue weighted by Crippen LogP contribution is -2.07. The molecular weight excluding hydrogens is 496 g/mol. The molecule has 11 heteroatoms. The van der Waals surface area contributed by atoms with Crippen molar-refractivity contribution < 1.29 is 27.5 Å². The molecule has 0 fully saturated rings. The topological polar surface area (TPSA) is 63.1 Å². The van der Waals surface area contributed by atoms with E-state index in [4.69, 9.17) is 5.11 Å². The summed E-state index contributed by atoms with van der Waals surface area (Å²) in [7, 11) is 0. The smallest absolute Gasteiger partial charge is 0.419 e. The first-order valence-electron chi connectivity index (χ1n) is 9.59. The van der Waals surface area contributed by atoms with E-state index in [9.17, 15) is 22.4 Å². The lowest BCUT2D eigenvalue weighted by molar-refractivity contribution is -0.140. The second kappa shape index (κ2) is 9.03. The fourth-order valence-corrected chi connectivity index (χ4v) is 6.48. The van der Waals surface area contributed by atoms with Crippen molar-refractivity contribution in [1.82, 2.24) is 9.97 Å². The number of halogens is 4. The van der Waals surface area contributed by atoms with Crippen LogP contribution < -0.4 is 0 Å².